The summed E-state index contributed by atoms with van der Waals surface area (Å²) in [6, 6.07) is 0. The number of rotatable bonds is 1. The van der Waals surface area contributed by atoms with E-state index >= 15 is 0 Å². The molecule has 0 radical (unpaired) electrons. The summed E-state index contributed by atoms with van der Waals surface area (Å²) in [5.41, 5.74) is 0.968. The zero-order valence-electron chi connectivity index (χ0n) is 6.69. The maximum atomic E-state index is 10.6. The highest BCUT2D eigenvalue weighted by molar-refractivity contribution is 5.88. The molecule has 0 amide bonds. The molecule has 0 saturated carbocycles. The van der Waals surface area contributed by atoms with Crippen molar-refractivity contribution in [2.24, 2.45) is 0 Å². The summed E-state index contributed by atoms with van der Waals surface area (Å²) in [6.45, 7) is 0. The van der Waals surface area contributed by atoms with Gasteiger partial charge in [0.05, 0.1) is 11.3 Å². The molecule has 0 fully saturated rings. The number of fused-ring (bicyclic) bond motifs is 1. The number of carboxylic acid groups (broad SMARTS) is 1. The Hall–Kier alpha value is -1.91. The predicted molar refractivity (Wildman–Crippen MR) is 45.1 cm³/mol. The van der Waals surface area contributed by atoms with Gasteiger partial charge in [0, 0.05) is 25.0 Å². The Labute approximate surface area is 74.1 Å². The van der Waals surface area contributed by atoms with Crippen molar-refractivity contribution in [3.63, 3.8) is 0 Å². The number of aliphatic carboxylic acids is 1. The van der Waals surface area contributed by atoms with Gasteiger partial charge in [0.2, 0.25) is 0 Å². The van der Waals surface area contributed by atoms with Gasteiger partial charge in [-0.2, -0.15) is 0 Å². The van der Waals surface area contributed by atoms with Crippen LogP contribution in [0, 0.1) is 0 Å². The van der Waals surface area contributed by atoms with Crippen molar-refractivity contribution in [1.82, 2.24) is 9.97 Å². The first-order valence-electron chi connectivity index (χ1n) is 3.76. The van der Waals surface area contributed by atoms with Gasteiger partial charge >= 0.3 is 5.97 Å². The van der Waals surface area contributed by atoms with Crippen LogP contribution in [0.2, 0.25) is 0 Å². The molecule has 0 bridgehead atoms. The summed E-state index contributed by atoms with van der Waals surface area (Å²) in [7, 11) is 0. The van der Waals surface area contributed by atoms with Gasteiger partial charge in [-0.15, -0.1) is 0 Å². The number of aromatic nitrogens is 2. The molecule has 2 N–H and O–H groups in total. The lowest BCUT2D eigenvalue weighted by Crippen LogP contribution is -2.14. The quantitative estimate of drug-likeness (QED) is 0.649. The van der Waals surface area contributed by atoms with Gasteiger partial charge in [-0.25, -0.2) is 9.78 Å². The summed E-state index contributed by atoms with van der Waals surface area (Å²) in [5.74, 6) is -0.295. The highest BCUT2D eigenvalue weighted by atomic mass is 16.4. The minimum Gasteiger partial charge on any atom is -0.478 e. The number of nitrogens with one attached hydrogen (secondary N) is 1. The minimum absolute atomic E-state index is 0.299. The highest BCUT2D eigenvalue weighted by Gasteiger charge is 2.16. The molecule has 0 saturated heterocycles. The maximum Gasteiger partial charge on any atom is 0.333 e. The lowest BCUT2D eigenvalue weighted by atomic mass is 10.1. The van der Waals surface area contributed by atoms with E-state index in [1.807, 2.05) is 0 Å². The Kier molecular flexibility index (Phi) is 1.70. The zero-order chi connectivity index (χ0) is 9.26. The van der Waals surface area contributed by atoms with Crippen LogP contribution in [0.3, 0.4) is 0 Å². The Balaban J connectivity index is 2.33. The Morgan fingerprint density at radius 2 is 2.23 bits per heavy atom. The molecule has 0 atom stereocenters. The van der Waals surface area contributed by atoms with E-state index in [-0.39, 0.29) is 0 Å². The molecule has 66 valence electrons. The summed E-state index contributed by atoms with van der Waals surface area (Å²) >= 11 is 0. The van der Waals surface area contributed by atoms with Gasteiger partial charge in [0.1, 0.15) is 0 Å². The van der Waals surface area contributed by atoms with Crippen molar-refractivity contribution in [3.05, 3.63) is 29.9 Å². The Morgan fingerprint density at radius 1 is 1.46 bits per heavy atom. The van der Waals surface area contributed by atoms with Crippen molar-refractivity contribution in [1.29, 1.82) is 0 Å². The molecule has 2 rings (SSSR count). The number of hydrogen-bond donors (Lipinski definition) is 2. The first-order valence-corrected chi connectivity index (χ1v) is 3.76. The van der Waals surface area contributed by atoms with E-state index in [0.717, 1.165) is 0 Å². The number of nitrogens with zero attached hydrogens (tertiary/aromatic N) is 2. The third-order valence-corrected chi connectivity index (χ3v) is 1.79. The molecule has 2 heterocycles. The van der Waals surface area contributed by atoms with Gasteiger partial charge in [-0.3, -0.25) is 4.98 Å². The van der Waals surface area contributed by atoms with Crippen LogP contribution in [0.1, 0.15) is 5.69 Å². The fourth-order valence-corrected chi connectivity index (χ4v) is 1.14. The molecule has 0 aromatic carbocycles. The van der Waals surface area contributed by atoms with Crippen molar-refractivity contribution in [2.45, 2.75) is 6.42 Å². The molecular formula is C8H7N3O2. The molecule has 0 unspecified atom stereocenters. The maximum absolute atomic E-state index is 10.6. The molecule has 5 nitrogen and oxygen atoms in total. The second-order valence-corrected chi connectivity index (χ2v) is 2.65. The molecule has 1 aromatic rings. The van der Waals surface area contributed by atoms with Crippen LogP contribution >= 0.6 is 0 Å². The third-order valence-electron chi connectivity index (χ3n) is 1.79. The molecule has 0 aliphatic carbocycles. The first-order chi connectivity index (χ1) is 6.27. The van der Waals surface area contributed by atoms with E-state index in [4.69, 9.17) is 5.11 Å². The van der Waals surface area contributed by atoms with E-state index in [9.17, 15) is 4.79 Å². The molecule has 1 aromatic heterocycles. The molecule has 0 spiro atoms. The van der Waals surface area contributed by atoms with E-state index in [1.165, 1.54) is 6.20 Å². The lowest BCUT2D eigenvalue weighted by Gasteiger charge is -2.12. The molecule has 1 aliphatic rings. The summed E-state index contributed by atoms with van der Waals surface area (Å²) in [5, 5.41) is 11.5. The van der Waals surface area contributed by atoms with Crippen LogP contribution in [0.15, 0.2) is 24.2 Å². The fraction of sp³-hybridized carbons (Fsp3) is 0.125. The van der Waals surface area contributed by atoms with Crippen LogP contribution in [0.5, 0.6) is 0 Å². The second kappa shape index (κ2) is 2.85. The van der Waals surface area contributed by atoms with Gasteiger partial charge in [0.25, 0.3) is 0 Å². The van der Waals surface area contributed by atoms with E-state index in [2.05, 4.69) is 15.3 Å². The number of carboxylic acids is 1. The Morgan fingerprint density at radius 3 is 3.00 bits per heavy atom. The minimum atomic E-state index is -0.927. The van der Waals surface area contributed by atoms with Crippen LogP contribution in [0.25, 0.3) is 0 Å². The highest BCUT2D eigenvalue weighted by Crippen LogP contribution is 2.18. The number of carbonyl (C=O) groups is 1. The van der Waals surface area contributed by atoms with Crippen LogP contribution in [-0.2, 0) is 11.2 Å². The average molecular weight is 177 g/mol. The lowest BCUT2D eigenvalue weighted by molar-refractivity contribution is -0.132. The third kappa shape index (κ3) is 1.35. The second-order valence-electron chi connectivity index (χ2n) is 2.65. The van der Waals surface area contributed by atoms with Crippen LogP contribution in [-0.4, -0.2) is 21.0 Å². The van der Waals surface area contributed by atoms with Gasteiger partial charge in [-0.1, -0.05) is 0 Å². The van der Waals surface area contributed by atoms with Crippen molar-refractivity contribution in [3.8, 4) is 0 Å². The Bertz CT molecular complexity index is 387. The number of anilines is 1. The summed E-state index contributed by atoms with van der Waals surface area (Å²) in [4.78, 5) is 18.6. The topological polar surface area (TPSA) is 75.1 Å². The summed E-state index contributed by atoms with van der Waals surface area (Å²) in [6.07, 6.45) is 4.88. The van der Waals surface area contributed by atoms with Gasteiger partial charge in [-0.05, 0) is 0 Å². The molecular weight excluding hydrogens is 170 g/mol. The van der Waals surface area contributed by atoms with Gasteiger partial charge in [0.15, 0.2) is 5.82 Å². The smallest absolute Gasteiger partial charge is 0.333 e. The van der Waals surface area contributed by atoms with Crippen LogP contribution < -0.4 is 5.32 Å². The average Bonchev–Trinajstić information content (AvgIpc) is 2.17. The largest absolute Gasteiger partial charge is 0.478 e. The standard InChI is InChI=1S/C8H7N3O2/c12-8(13)5-3-6-7(11-4-5)10-2-1-9-6/h1-2,4H,3H2,(H,10,11)(H,12,13). The predicted octanol–water partition coefficient (Wildman–Crippen LogP) is 0.413. The first kappa shape index (κ1) is 7.72. The van der Waals surface area contributed by atoms with E-state index < -0.39 is 5.97 Å². The van der Waals surface area contributed by atoms with E-state index in [1.54, 1.807) is 12.4 Å². The van der Waals surface area contributed by atoms with Crippen molar-refractivity contribution in [2.75, 3.05) is 5.32 Å². The van der Waals surface area contributed by atoms with Crippen LogP contribution in [0.4, 0.5) is 5.82 Å². The normalized spacial score (nSPS) is 14.0. The number of hydrogen-bond acceptors (Lipinski definition) is 4. The SMILES string of the molecule is O=C(O)C1=CNc2nccnc2C1. The van der Waals surface area contributed by atoms with E-state index in [0.29, 0.717) is 23.5 Å². The zero-order valence-corrected chi connectivity index (χ0v) is 6.69. The van der Waals surface area contributed by atoms with Crippen molar-refractivity contribution < 1.29 is 9.90 Å². The van der Waals surface area contributed by atoms with Gasteiger partial charge < -0.3 is 10.4 Å². The molecule has 13 heavy (non-hydrogen) atoms. The fourth-order valence-electron chi connectivity index (χ4n) is 1.14. The summed E-state index contributed by atoms with van der Waals surface area (Å²) < 4.78 is 0. The van der Waals surface area contributed by atoms with Crippen molar-refractivity contribution >= 4 is 11.8 Å². The monoisotopic (exact) mass is 177 g/mol. The molecule has 1 aliphatic heterocycles. The molecule has 5 heteroatoms.